The number of hydrogen-bond donors (Lipinski definition) is 1. The van der Waals surface area contributed by atoms with Crippen LogP contribution in [0.3, 0.4) is 0 Å². The predicted molar refractivity (Wildman–Crippen MR) is 127 cm³/mol. The Morgan fingerprint density at radius 1 is 1.00 bits per heavy atom. The molecular weight excluding hydrogens is 469 g/mol. The first kappa shape index (κ1) is 24.4. The van der Waals surface area contributed by atoms with Gasteiger partial charge in [-0.3, -0.25) is 4.79 Å². The molecule has 0 bridgehead atoms. The molecule has 0 atom stereocenters. The molecule has 1 aliphatic heterocycles. The summed E-state index contributed by atoms with van der Waals surface area (Å²) < 4.78 is 45.9. The Hall–Kier alpha value is -3.74. The van der Waals surface area contributed by atoms with E-state index in [0.717, 1.165) is 5.56 Å². The Morgan fingerprint density at radius 2 is 1.60 bits per heavy atom. The molecule has 9 heteroatoms. The van der Waals surface area contributed by atoms with Gasteiger partial charge in [0.1, 0.15) is 23.4 Å². The number of sulfonamides is 1. The van der Waals surface area contributed by atoms with Crippen molar-refractivity contribution in [1.82, 2.24) is 9.62 Å². The molecule has 3 aromatic carbocycles. The van der Waals surface area contributed by atoms with Gasteiger partial charge in [-0.1, -0.05) is 24.3 Å². The summed E-state index contributed by atoms with van der Waals surface area (Å²) in [6.07, 6.45) is 0.814. The topological polar surface area (TPSA) is 99.5 Å². The van der Waals surface area contributed by atoms with Gasteiger partial charge in [-0.05, 0) is 66.9 Å². The van der Waals surface area contributed by atoms with E-state index >= 15 is 0 Å². The van der Waals surface area contributed by atoms with Gasteiger partial charge < -0.3 is 10.1 Å². The Balaban J connectivity index is 1.28. The van der Waals surface area contributed by atoms with Crippen LogP contribution in [0.5, 0.6) is 11.5 Å². The summed E-state index contributed by atoms with van der Waals surface area (Å²) in [5.74, 6) is 0.384. The number of carbonyl (C=O) groups excluding carboxylic acids is 1. The lowest BCUT2D eigenvalue weighted by molar-refractivity contribution is -0.126. The van der Waals surface area contributed by atoms with Crippen molar-refractivity contribution in [3.05, 3.63) is 89.7 Å². The van der Waals surface area contributed by atoms with E-state index in [-0.39, 0.29) is 41.2 Å². The summed E-state index contributed by atoms with van der Waals surface area (Å²) in [7, 11) is -3.79. The number of nitrogens with one attached hydrogen (secondary N) is 1. The highest BCUT2D eigenvalue weighted by Gasteiger charge is 2.33. The van der Waals surface area contributed by atoms with Gasteiger partial charge in [-0.15, -0.1) is 0 Å². The van der Waals surface area contributed by atoms with E-state index in [1.165, 1.54) is 28.6 Å². The third kappa shape index (κ3) is 5.85. The molecule has 0 aliphatic carbocycles. The minimum atomic E-state index is -3.79. The van der Waals surface area contributed by atoms with Crippen molar-refractivity contribution in [1.29, 1.82) is 5.26 Å². The lowest BCUT2D eigenvalue weighted by Crippen LogP contribution is -2.43. The van der Waals surface area contributed by atoms with Crippen LogP contribution in [0, 0.1) is 23.1 Å². The molecule has 1 amide bonds. The minimum absolute atomic E-state index is 0.00254. The van der Waals surface area contributed by atoms with E-state index in [1.54, 1.807) is 36.4 Å². The first-order chi connectivity index (χ1) is 16.9. The molecule has 0 saturated carbocycles. The second-order valence-electron chi connectivity index (χ2n) is 8.20. The van der Waals surface area contributed by atoms with Crippen LogP contribution in [0.25, 0.3) is 0 Å². The number of rotatable bonds is 7. The molecule has 180 valence electrons. The molecular formula is C26H24FN3O4S. The number of hydrogen-bond acceptors (Lipinski definition) is 5. The highest BCUT2D eigenvalue weighted by atomic mass is 32.2. The fraction of sp³-hybridized carbons (Fsp3) is 0.231. The van der Waals surface area contributed by atoms with Gasteiger partial charge in [0.25, 0.3) is 0 Å². The quantitative estimate of drug-likeness (QED) is 0.532. The molecule has 7 nitrogen and oxygen atoms in total. The third-order valence-electron chi connectivity index (χ3n) is 5.89. The molecule has 1 aliphatic rings. The van der Waals surface area contributed by atoms with Crippen molar-refractivity contribution in [2.75, 3.05) is 13.1 Å². The number of carbonyl (C=O) groups is 1. The standard InChI is InChI=1S/C26H24FN3O4S/c27-22-7-11-24(12-8-22)34-23-9-5-19(6-10-23)18-29-26(31)20-13-15-30(16-14-20)35(32,33)25-4-2-1-3-21(25)17-28/h1-12,20H,13-16,18H2,(H,29,31). The Bertz CT molecular complexity index is 1330. The van der Waals surface area contributed by atoms with Crippen molar-refractivity contribution < 1.29 is 22.3 Å². The van der Waals surface area contributed by atoms with E-state index < -0.39 is 10.0 Å². The Labute approximate surface area is 203 Å². The van der Waals surface area contributed by atoms with Crippen LogP contribution in [-0.4, -0.2) is 31.7 Å². The summed E-state index contributed by atoms with van der Waals surface area (Å²) in [5.41, 5.74) is 0.999. The average molecular weight is 494 g/mol. The van der Waals surface area contributed by atoms with Crippen molar-refractivity contribution in [3.8, 4) is 17.6 Å². The fourth-order valence-corrected chi connectivity index (χ4v) is 5.54. The maximum atomic E-state index is 13.0. The number of amides is 1. The molecule has 0 radical (unpaired) electrons. The molecule has 1 fully saturated rings. The number of nitrogens with zero attached hydrogens (tertiary/aromatic N) is 2. The van der Waals surface area contributed by atoms with E-state index in [9.17, 15) is 22.9 Å². The first-order valence-corrected chi connectivity index (χ1v) is 12.6. The lowest BCUT2D eigenvalue weighted by Gasteiger charge is -2.30. The molecule has 0 unspecified atom stereocenters. The largest absolute Gasteiger partial charge is 0.457 e. The van der Waals surface area contributed by atoms with Crippen LogP contribution in [-0.2, 0) is 21.4 Å². The van der Waals surface area contributed by atoms with Gasteiger partial charge in [0.05, 0.1) is 10.5 Å². The van der Waals surface area contributed by atoms with E-state index in [1.807, 2.05) is 18.2 Å². The summed E-state index contributed by atoms with van der Waals surface area (Å²) >= 11 is 0. The van der Waals surface area contributed by atoms with Crippen molar-refractivity contribution in [2.24, 2.45) is 5.92 Å². The fourth-order valence-electron chi connectivity index (χ4n) is 3.93. The zero-order valence-corrected chi connectivity index (χ0v) is 19.7. The van der Waals surface area contributed by atoms with Gasteiger partial charge in [-0.2, -0.15) is 9.57 Å². The number of nitriles is 1. The predicted octanol–water partition coefficient (Wildman–Crippen LogP) is 4.21. The van der Waals surface area contributed by atoms with Crippen LogP contribution >= 0.6 is 0 Å². The molecule has 0 spiro atoms. The third-order valence-corrected chi connectivity index (χ3v) is 7.85. The van der Waals surface area contributed by atoms with Gasteiger partial charge in [0, 0.05) is 25.6 Å². The number of halogens is 1. The van der Waals surface area contributed by atoms with Gasteiger partial charge in [0.15, 0.2) is 0 Å². The Morgan fingerprint density at radius 3 is 2.23 bits per heavy atom. The van der Waals surface area contributed by atoms with Crippen molar-refractivity contribution >= 4 is 15.9 Å². The first-order valence-electron chi connectivity index (χ1n) is 11.2. The van der Waals surface area contributed by atoms with Gasteiger partial charge in [-0.25, -0.2) is 12.8 Å². The monoisotopic (exact) mass is 493 g/mol. The summed E-state index contributed by atoms with van der Waals surface area (Å²) in [6, 6.07) is 21.0. The van der Waals surface area contributed by atoms with Crippen LogP contribution in [0.15, 0.2) is 77.7 Å². The minimum Gasteiger partial charge on any atom is -0.457 e. The number of piperidine rings is 1. The molecule has 35 heavy (non-hydrogen) atoms. The second kappa shape index (κ2) is 10.7. The highest BCUT2D eigenvalue weighted by molar-refractivity contribution is 7.89. The molecule has 1 N–H and O–H groups in total. The van der Waals surface area contributed by atoms with Crippen molar-refractivity contribution in [3.63, 3.8) is 0 Å². The smallest absolute Gasteiger partial charge is 0.244 e. The zero-order valence-electron chi connectivity index (χ0n) is 18.9. The zero-order chi connectivity index (χ0) is 24.8. The highest BCUT2D eigenvalue weighted by Crippen LogP contribution is 2.26. The molecule has 4 rings (SSSR count). The maximum absolute atomic E-state index is 13.0. The molecule has 1 heterocycles. The summed E-state index contributed by atoms with van der Waals surface area (Å²) in [6.45, 7) is 0.773. The molecule has 0 aromatic heterocycles. The number of benzene rings is 3. The summed E-state index contributed by atoms with van der Waals surface area (Å²) in [5, 5.41) is 12.1. The van der Waals surface area contributed by atoms with E-state index in [4.69, 9.17) is 4.74 Å². The SMILES string of the molecule is N#Cc1ccccc1S(=O)(=O)N1CCC(C(=O)NCc2ccc(Oc3ccc(F)cc3)cc2)CC1. The average Bonchev–Trinajstić information content (AvgIpc) is 2.89. The van der Waals surface area contributed by atoms with E-state index in [0.29, 0.717) is 30.9 Å². The number of ether oxygens (including phenoxy) is 1. The van der Waals surface area contributed by atoms with E-state index in [2.05, 4.69) is 5.32 Å². The summed E-state index contributed by atoms with van der Waals surface area (Å²) in [4.78, 5) is 12.7. The maximum Gasteiger partial charge on any atom is 0.244 e. The lowest BCUT2D eigenvalue weighted by atomic mass is 9.97. The van der Waals surface area contributed by atoms with Crippen LogP contribution in [0.2, 0.25) is 0 Å². The van der Waals surface area contributed by atoms with Crippen LogP contribution in [0.1, 0.15) is 24.0 Å². The van der Waals surface area contributed by atoms with Crippen LogP contribution < -0.4 is 10.1 Å². The Kier molecular flexibility index (Phi) is 7.44. The molecule has 3 aromatic rings. The van der Waals surface area contributed by atoms with Gasteiger partial charge in [0.2, 0.25) is 15.9 Å². The second-order valence-corrected chi connectivity index (χ2v) is 10.1. The molecule has 1 saturated heterocycles. The van der Waals surface area contributed by atoms with Gasteiger partial charge >= 0.3 is 0 Å². The normalized spacial score (nSPS) is 14.7. The van der Waals surface area contributed by atoms with Crippen molar-refractivity contribution in [2.45, 2.75) is 24.3 Å². The van der Waals surface area contributed by atoms with Crippen LogP contribution in [0.4, 0.5) is 4.39 Å².